The molecule has 5 heteroatoms. The van der Waals surface area contributed by atoms with Gasteiger partial charge in [0.15, 0.2) is 0 Å². The molecule has 0 unspecified atom stereocenters. The lowest BCUT2D eigenvalue weighted by molar-refractivity contribution is -0.133. The van der Waals surface area contributed by atoms with E-state index in [1.54, 1.807) is 4.90 Å². The first-order valence-corrected chi connectivity index (χ1v) is 4.43. The quantitative estimate of drug-likeness (QED) is 0.656. The average Bonchev–Trinajstić information content (AvgIpc) is 2.06. The van der Waals surface area contributed by atoms with Gasteiger partial charge in [-0.2, -0.15) is 0 Å². The van der Waals surface area contributed by atoms with Crippen molar-refractivity contribution in [2.75, 3.05) is 19.7 Å². The van der Waals surface area contributed by atoms with Crippen LogP contribution in [-0.2, 0) is 9.53 Å². The van der Waals surface area contributed by atoms with E-state index in [-0.39, 0.29) is 18.6 Å². The molecule has 1 fully saturated rings. The second-order valence-electron chi connectivity index (χ2n) is 3.15. The first-order valence-electron chi connectivity index (χ1n) is 4.43. The maximum Gasteiger partial charge on any atom is 0.407 e. The summed E-state index contributed by atoms with van der Waals surface area (Å²) < 4.78 is 4.72. The molecule has 0 aromatic rings. The van der Waals surface area contributed by atoms with Crippen LogP contribution in [-0.4, -0.2) is 42.6 Å². The van der Waals surface area contributed by atoms with Gasteiger partial charge in [-0.25, -0.2) is 4.79 Å². The van der Waals surface area contributed by atoms with Crippen LogP contribution in [0.15, 0.2) is 12.7 Å². The van der Waals surface area contributed by atoms with Crippen LogP contribution in [0.1, 0.15) is 6.92 Å². The summed E-state index contributed by atoms with van der Waals surface area (Å²) in [6, 6.07) is 0.0243. The summed E-state index contributed by atoms with van der Waals surface area (Å²) in [5.74, 6) is 0.0301. The van der Waals surface area contributed by atoms with Crippen LogP contribution in [0, 0.1) is 0 Å². The Labute approximate surface area is 82.7 Å². The first-order chi connectivity index (χ1) is 6.63. The molecule has 1 heterocycles. The standard InChI is InChI=1S/C9H14N2O3/c1-3-4-14-9(13)10-8-5-11(6-8)7(2)12/h3,8H,1,4-6H2,2H3,(H,10,13). The molecule has 1 aliphatic rings. The van der Waals surface area contributed by atoms with Gasteiger partial charge in [-0.1, -0.05) is 12.7 Å². The normalized spacial score (nSPS) is 15.6. The molecule has 0 aliphatic carbocycles. The van der Waals surface area contributed by atoms with Crippen LogP contribution in [0.2, 0.25) is 0 Å². The number of hydrogen-bond acceptors (Lipinski definition) is 3. The largest absolute Gasteiger partial charge is 0.445 e. The molecule has 0 aromatic carbocycles. The van der Waals surface area contributed by atoms with E-state index in [0.29, 0.717) is 13.1 Å². The third-order valence-corrected chi connectivity index (χ3v) is 1.98. The van der Waals surface area contributed by atoms with Crippen molar-refractivity contribution in [3.05, 3.63) is 12.7 Å². The zero-order valence-corrected chi connectivity index (χ0v) is 8.16. The van der Waals surface area contributed by atoms with Crippen LogP contribution in [0.4, 0.5) is 4.79 Å². The molecule has 0 aromatic heterocycles. The summed E-state index contributed by atoms with van der Waals surface area (Å²) in [6.45, 7) is 6.27. The summed E-state index contributed by atoms with van der Waals surface area (Å²) in [6.07, 6.45) is 1.04. The highest BCUT2D eigenvalue weighted by Gasteiger charge is 2.29. The molecular weight excluding hydrogens is 184 g/mol. The van der Waals surface area contributed by atoms with E-state index in [9.17, 15) is 9.59 Å². The molecule has 14 heavy (non-hydrogen) atoms. The van der Waals surface area contributed by atoms with Crippen molar-refractivity contribution in [1.29, 1.82) is 0 Å². The monoisotopic (exact) mass is 198 g/mol. The van der Waals surface area contributed by atoms with Gasteiger partial charge in [0.2, 0.25) is 5.91 Å². The molecule has 1 aliphatic heterocycles. The highest BCUT2D eigenvalue weighted by molar-refractivity contribution is 5.75. The Balaban J connectivity index is 2.13. The van der Waals surface area contributed by atoms with Gasteiger partial charge in [0.1, 0.15) is 6.61 Å². The number of amides is 2. The number of carbonyl (C=O) groups is 2. The van der Waals surface area contributed by atoms with Crippen LogP contribution < -0.4 is 5.32 Å². The highest BCUT2D eigenvalue weighted by atomic mass is 16.5. The fourth-order valence-corrected chi connectivity index (χ4v) is 1.17. The average molecular weight is 198 g/mol. The summed E-state index contributed by atoms with van der Waals surface area (Å²) in [5, 5.41) is 2.63. The van der Waals surface area contributed by atoms with E-state index in [2.05, 4.69) is 11.9 Å². The van der Waals surface area contributed by atoms with Crippen molar-refractivity contribution < 1.29 is 14.3 Å². The van der Waals surface area contributed by atoms with Crippen LogP contribution in [0.25, 0.3) is 0 Å². The molecule has 0 bridgehead atoms. The predicted molar refractivity (Wildman–Crippen MR) is 50.7 cm³/mol. The van der Waals surface area contributed by atoms with E-state index in [1.807, 2.05) is 0 Å². The van der Waals surface area contributed by atoms with E-state index >= 15 is 0 Å². The fourth-order valence-electron chi connectivity index (χ4n) is 1.17. The molecule has 5 nitrogen and oxygen atoms in total. The van der Waals surface area contributed by atoms with Crippen molar-refractivity contribution >= 4 is 12.0 Å². The van der Waals surface area contributed by atoms with Crippen molar-refractivity contribution in [3.63, 3.8) is 0 Å². The SMILES string of the molecule is C=CCOC(=O)NC1CN(C(C)=O)C1. The molecule has 2 amide bonds. The Hall–Kier alpha value is -1.52. The van der Waals surface area contributed by atoms with Crippen molar-refractivity contribution in [3.8, 4) is 0 Å². The van der Waals surface area contributed by atoms with Gasteiger partial charge in [0.05, 0.1) is 6.04 Å². The minimum absolute atomic E-state index is 0.0243. The Morgan fingerprint density at radius 1 is 1.64 bits per heavy atom. The minimum Gasteiger partial charge on any atom is -0.445 e. The molecule has 78 valence electrons. The van der Waals surface area contributed by atoms with Crippen LogP contribution in [0.5, 0.6) is 0 Å². The molecule has 0 atom stereocenters. The Kier molecular flexibility index (Phi) is 3.50. The number of carbonyl (C=O) groups excluding carboxylic acids is 2. The van der Waals surface area contributed by atoms with Crippen molar-refractivity contribution in [2.24, 2.45) is 0 Å². The third kappa shape index (κ3) is 2.76. The van der Waals surface area contributed by atoms with E-state index in [4.69, 9.17) is 4.74 Å². The molecule has 1 rings (SSSR count). The van der Waals surface area contributed by atoms with Crippen molar-refractivity contribution in [1.82, 2.24) is 10.2 Å². The molecular formula is C9H14N2O3. The molecule has 0 spiro atoms. The summed E-state index contributed by atoms with van der Waals surface area (Å²) in [4.78, 5) is 23.4. The fraction of sp³-hybridized carbons (Fsp3) is 0.556. The first kappa shape index (κ1) is 10.6. The zero-order valence-electron chi connectivity index (χ0n) is 8.16. The lowest BCUT2D eigenvalue weighted by Crippen LogP contribution is -2.60. The van der Waals surface area contributed by atoms with Crippen LogP contribution >= 0.6 is 0 Å². The second kappa shape index (κ2) is 4.64. The number of nitrogens with zero attached hydrogens (tertiary/aromatic N) is 1. The number of nitrogens with one attached hydrogen (secondary N) is 1. The summed E-state index contributed by atoms with van der Waals surface area (Å²) >= 11 is 0. The van der Waals surface area contributed by atoms with Gasteiger partial charge in [-0.3, -0.25) is 4.79 Å². The Bertz CT molecular complexity index is 246. The van der Waals surface area contributed by atoms with Gasteiger partial charge >= 0.3 is 6.09 Å². The van der Waals surface area contributed by atoms with Gasteiger partial charge in [0.25, 0.3) is 0 Å². The lowest BCUT2D eigenvalue weighted by Gasteiger charge is -2.38. The van der Waals surface area contributed by atoms with E-state index in [0.717, 1.165) is 0 Å². The predicted octanol–water partition coefficient (Wildman–Crippen LogP) is 0.129. The lowest BCUT2D eigenvalue weighted by atomic mass is 10.1. The summed E-state index contributed by atoms with van der Waals surface area (Å²) in [5.41, 5.74) is 0. The zero-order chi connectivity index (χ0) is 10.6. The molecule has 1 saturated heterocycles. The van der Waals surface area contributed by atoms with Gasteiger partial charge in [0, 0.05) is 20.0 Å². The van der Waals surface area contributed by atoms with Gasteiger partial charge < -0.3 is 15.0 Å². The second-order valence-corrected chi connectivity index (χ2v) is 3.15. The topological polar surface area (TPSA) is 58.6 Å². The van der Waals surface area contributed by atoms with E-state index < -0.39 is 6.09 Å². The minimum atomic E-state index is -0.460. The number of likely N-dealkylation sites (tertiary alicyclic amines) is 1. The smallest absolute Gasteiger partial charge is 0.407 e. The number of ether oxygens (including phenoxy) is 1. The number of rotatable bonds is 3. The van der Waals surface area contributed by atoms with Crippen LogP contribution in [0.3, 0.4) is 0 Å². The number of hydrogen-bond donors (Lipinski definition) is 1. The Morgan fingerprint density at radius 3 is 2.79 bits per heavy atom. The summed E-state index contributed by atoms with van der Waals surface area (Å²) in [7, 11) is 0. The molecule has 0 radical (unpaired) electrons. The van der Waals surface area contributed by atoms with Gasteiger partial charge in [-0.05, 0) is 0 Å². The molecule has 0 saturated carbocycles. The van der Waals surface area contributed by atoms with Gasteiger partial charge in [-0.15, -0.1) is 0 Å². The van der Waals surface area contributed by atoms with Crippen molar-refractivity contribution in [2.45, 2.75) is 13.0 Å². The van der Waals surface area contributed by atoms with E-state index in [1.165, 1.54) is 13.0 Å². The Morgan fingerprint density at radius 2 is 2.29 bits per heavy atom. The highest BCUT2D eigenvalue weighted by Crippen LogP contribution is 2.07. The maximum atomic E-state index is 11.0. The molecule has 1 N–H and O–H groups in total. The third-order valence-electron chi connectivity index (χ3n) is 1.98. The number of alkyl carbamates (subject to hydrolysis) is 1. The maximum absolute atomic E-state index is 11.0.